The minimum absolute atomic E-state index is 0.0953. The molecule has 0 saturated heterocycles. The molecular formula is C18H14FN3O4. The van der Waals surface area contributed by atoms with Gasteiger partial charge in [0.25, 0.3) is 17.7 Å². The molecule has 0 aromatic heterocycles. The number of rotatable bonds is 2. The highest BCUT2D eigenvalue weighted by Gasteiger charge is 2.41. The van der Waals surface area contributed by atoms with Crippen LogP contribution in [0.2, 0.25) is 0 Å². The lowest BCUT2D eigenvalue weighted by atomic mass is 9.93. The number of nitrogens with zero attached hydrogens (tertiary/aromatic N) is 3. The number of nitriles is 1. The highest BCUT2D eigenvalue weighted by Crippen LogP contribution is 2.41. The lowest BCUT2D eigenvalue weighted by Gasteiger charge is -2.29. The molecule has 0 bridgehead atoms. The molecule has 3 aliphatic rings. The Bertz CT molecular complexity index is 903. The van der Waals surface area contributed by atoms with Crippen molar-refractivity contribution in [1.82, 2.24) is 0 Å². The van der Waals surface area contributed by atoms with E-state index >= 15 is 0 Å². The normalized spacial score (nSPS) is 19.3. The Labute approximate surface area is 148 Å². The van der Waals surface area contributed by atoms with E-state index in [1.807, 2.05) is 6.07 Å². The van der Waals surface area contributed by atoms with E-state index in [1.54, 1.807) is 0 Å². The molecule has 1 aromatic carbocycles. The van der Waals surface area contributed by atoms with Crippen LogP contribution in [0.5, 0.6) is 5.75 Å². The molecule has 0 fully saturated rings. The van der Waals surface area contributed by atoms with Crippen molar-refractivity contribution in [2.45, 2.75) is 25.7 Å². The van der Waals surface area contributed by atoms with Crippen molar-refractivity contribution < 1.29 is 23.5 Å². The van der Waals surface area contributed by atoms with Crippen molar-refractivity contribution in [3.63, 3.8) is 0 Å². The molecule has 3 amide bonds. The predicted octanol–water partition coefficient (Wildman–Crippen LogP) is 1.82. The van der Waals surface area contributed by atoms with Gasteiger partial charge < -0.3 is 4.74 Å². The first-order valence-electron chi connectivity index (χ1n) is 8.27. The fourth-order valence-electron chi connectivity index (χ4n) is 3.58. The predicted molar refractivity (Wildman–Crippen MR) is 87.8 cm³/mol. The third-order valence-corrected chi connectivity index (χ3v) is 4.83. The molecule has 1 aromatic rings. The summed E-state index contributed by atoms with van der Waals surface area (Å²) in [5, 5.41) is 8.94. The molecule has 7 nitrogen and oxygen atoms in total. The zero-order valence-electron chi connectivity index (χ0n) is 13.7. The average molecular weight is 355 g/mol. The van der Waals surface area contributed by atoms with E-state index in [2.05, 4.69) is 0 Å². The Hall–Kier alpha value is -3.21. The first kappa shape index (κ1) is 16.3. The Morgan fingerprint density at radius 1 is 1.08 bits per heavy atom. The summed E-state index contributed by atoms with van der Waals surface area (Å²) in [4.78, 5) is 39.3. The highest BCUT2D eigenvalue weighted by atomic mass is 19.1. The van der Waals surface area contributed by atoms with E-state index in [4.69, 9.17) is 10.00 Å². The van der Waals surface area contributed by atoms with Gasteiger partial charge in [0.05, 0.1) is 17.4 Å². The third-order valence-electron chi connectivity index (χ3n) is 4.83. The van der Waals surface area contributed by atoms with E-state index in [1.165, 1.54) is 6.07 Å². The van der Waals surface area contributed by atoms with Gasteiger partial charge >= 0.3 is 0 Å². The first-order chi connectivity index (χ1) is 12.5. The van der Waals surface area contributed by atoms with Gasteiger partial charge in [0, 0.05) is 17.2 Å². The van der Waals surface area contributed by atoms with E-state index in [-0.39, 0.29) is 30.3 Å². The van der Waals surface area contributed by atoms with E-state index in [9.17, 15) is 18.8 Å². The maximum Gasteiger partial charge on any atom is 0.265 e. The van der Waals surface area contributed by atoms with Gasteiger partial charge in [0.15, 0.2) is 12.4 Å². The van der Waals surface area contributed by atoms with Gasteiger partial charge in [-0.2, -0.15) is 5.26 Å². The van der Waals surface area contributed by atoms with Crippen LogP contribution in [0.15, 0.2) is 23.3 Å². The molecule has 2 aliphatic heterocycles. The zero-order valence-corrected chi connectivity index (χ0v) is 13.7. The van der Waals surface area contributed by atoms with E-state index in [0.29, 0.717) is 24.0 Å². The van der Waals surface area contributed by atoms with Crippen molar-refractivity contribution in [2.75, 3.05) is 23.0 Å². The minimum atomic E-state index is -0.795. The van der Waals surface area contributed by atoms with Crippen LogP contribution >= 0.6 is 0 Å². The molecule has 2 heterocycles. The molecular weight excluding hydrogens is 341 g/mol. The molecule has 0 N–H and O–H groups in total. The molecule has 8 heteroatoms. The van der Waals surface area contributed by atoms with Crippen LogP contribution in [0.1, 0.15) is 25.7 Å². The molecule has 0 saturated carbocycles. The van der Waals surface area contributed by atoms with Crippen LogP contribution in [-0.4, -0.2) is 30.9 Å². The van der Waals surface area contributed by atoms with Crippen LogP contribution in [-0.2, 0) is 14.4 Å². The lowest BCUT2D eigenvalue weighted by Crippen LogP contribution is -2.39. The van der Waals surface area contributed by atoms with Gasteiger partial charge in [-0.1, -0.05) is 0 Å². The van der Waals surface area contributed by atoms with Crippen LogP contribution < -0.4 is 14.5 Å². The summed E-state index contributed by atoms with van der Waals surface area (Å²) in [6, 6.07) is 4.14. The van der Waals surface area contributed by atoms with Crippen molar-refractivity contribution in [3.05, 3.63) is 29.1 Å². The van der Waals surface area contributed by atoms with Crippen LogP contribution in [0.3, 0.4) is 0 Å². The smallest absolute Gasteiger partial charge is 0.265 e. The summed E-state index contributed by atoms with van der Waals surface area (Å²) in [7, 11) is 0. The monoisotopic (exact) mass is 355 g/mol. The third kappa shape index (κ3) is 2.28. The Morgan fingerprint density at radius 2 is 1.73 bits per heavy atom. The Kier molecular flexibility index (Phi) is 3.72. The molecule has 26 heavy (non-hydrogen) atoms. The van der Waals surface area contributed by atoms with Gasteiger partial charge in [-0.3, -0.25) is 19.3 Å². The second kappa shape index (κ2) is 5.95. The fraction of sp³-hybridized carbons (Fsp3) is 0.333. The van der Waals surface area contributed by atoms with Gasteiger partial charge in [-0.15, -0.1) is 0 Å². The van der Waals surface area contributed by atoms with Crippen molar-refractivity contribution in [2.24, 2.45) is 0 Å². The SMILES string of the molecule is N#CCN1C(=O)COc2cc(F)c(N3C(=O)C4=C(CCCC4)C3=O)cc21. The summed E-state index contributed by atoms with van der Waals surface area (Å²) < 4.78 is 19.9. The van der Waals surface area contributed by atoms with Crippen LogP contribution in [0, 0.1) is 17.1 Å². The number of hydrogen-bond acceptors (Lipinski definition) is 5. The maximum absolute atomic E-state index is 14.7. The summed E-state index contributed by atoms with van der Waals surface area (Å²) in [5.41, 5.74) is 0.832. The average Bonchev–Trinajstić information content (AvgIpc) is 2.89. The van der Waals surface area contributed by atoms with Crippen molar-refractivity contribution in [1.29, 1.82) is 5.26 Å². The standard InChI is InChI=1S/C18H14FN3O4/c19-12-7-15-14(21(6-5-20)16(23)9-26-15)8-13(12)22-17(24)10-3-1-2-4-11(10)18(22)25/h7-8H,1-4,6,9H2. The van der Waals surface area contributed by atoms with E-state index < -0.39 is 23.5 Å². The maximum atomic E-state index is 14.7. The number of hydrogen-bond donors (Lipinski definition) is 0. The second-order valence-corrected chi connectivity index (χ2v) is 6.31. The molecule has 132 valence electrons. The summed E-state index contributed by atoms with van der Waals surface area (Å²) >= 11 is 0. The van der Waals surface area contributed by atoms with Crippen LogP contribution in [0.4, 0.5) is 15.8 Å². The number of carbonyl (C=O) groups excluding carboxylic acids is 3. The Morgan fingerprint density at radius 3 is 2.35 bits per heavy atom. The molecule has 4 rings (SSSR count). The van der Waals surface area contributed by atoms with Crippen LogP contribution in [0.25, 0.3) is 0 Å². The molecule has 1 aliphatic carbocycles. The molecule has 0 radical (unpaired) electrons. The van der Waals surface area contributed by atoms with Gasteiger partial charge in [0.1, 0.15) is 12.3 Å². The summed E-state index contributed by atoms with van der Waals surface area (Å²) in [6.07, 6.45) is 2.64. The van der Waals surface area contributed by atoms with Gasteiger partial charge in [0.2, 0.25) is 0 Å². The second-order valence-electron chi connectivity index (χ2n) is 6.31. The zero-order chi connectivity index (χ0) is 18.4. The van der Waals surface area contributed by atoms with Crippen molar-refractivity contribution >= 4 is 29.1 Å². The van der Waals surface area contributed by atoms with Gasteiger partial charge in [-0.25, -0.2) is 9.29 Å². The number of anilines is 2. The summed E-state index contributed by atoms with van der Waals surface area (Å²) in [5.74, 6) is -2.18. The lowest BCUT2D eigenvalue weighted by molar-refractivity contribution is -0.121. The number of amides is 3. The van der Waals surface area contributed by atoms with Crippen molar-refractivity contribution in [3.8, 4) is 11.8 Å². The quantitative estimate of drug-likeness (QED) is 0.596. The molecule has 0 spiro atoms. The number of fused-ring (bicyclic) bond motifs is 1. The van der Waals surface area contributed by atoms with Gasteiger partial charge in [-0.05, 0) is 31.7 Å². The number of halogens is 1. The number of ether oxygens (including phenoxy) is 1. The first-order valence-corrected chi connectivity index (χ1v) is 8.27. The van der Waals surface area contributed by atoms with E-state index in [0.717, 1.165) is 28.7 Å². The topological polar surface area (TPSA) is 90.7 Å². The minimum Gasteiger partial charge on any atom is -0.481 e. The Balaban J connectivity index is 1.79. The summed E-state index contributed by atoms with van der Waals surface area (Å²) in [6.45, 7) is -0.540. The largest absolute Gasteiger partial charge is 0.481 e. The number of carbonyl (C=O) groups is 3. The fourth-order valence-corrected chi connectivity index (χ4v) is 3.58. The number of benzene rings is 1. The number of imide groups is 1. The highest BCUT2D eigenvalue weighted by molar-refractivity contribution is 6.33. The molecule has 0 unspecified atom stereocenters. The molecule has 0 atom stereocenters.